The fraction of sp³-hybridized carbons (Fsp3) is 0.571. The lowest BCUT2D eigenvalue weighted by molar-refractivity contribution is -0.140. The van der Waals surface area contributed by atoms with Crippen molar-refractivity contribution in [1.29, 1.82) is 0 Å². The lowest BCUT2D eigenvalue weighted by Gasteiger charge is -2.09. The van der Waals surface area contributed by atoms with Crippen LogP contribution >= 0.6 is 0 Å². The Balaban J connectivity index is 3.52. The van der Waals surface area contributed by atoms with E-state index in [2.05, 4.69) is 11.9 Å². The van der Waals surface area contributed by atoms with Crippen LogP contribution in [0.25, 0.3) is 0 Å². The summed E-state index contributed by atoms with van der Waals surface area (Å²) in [7, 11) is 1.58. The van der Waals surface area contributed by atoms with E-state index in [0.29, 0.717) is 6.61 Å². The Morgan fingerprint density at radius 3 is 2.91 bits per heavy atom. The zero-order valence-corrected chi connectivity index (χ0v) is 6.54. The third-order valence-electron chi connectivity index (χ3n) is 1.17. The van der Waals surface area contributed by atoms with Crippen molar-refractivity contribution in [2.45, 2.75) is 6.04 Å². The number of hydrogen-bond acceptors (Lipinski definition) is 3. The third kappa shape index (κ3) is 4.52. The number of rotatable bonds is 6. The van der Waals surface area contributed by atoms with Crippen molar-refractivity contribution in [3.05, 3.63) is 12.7 Å². The molecule has 11 heavy (non-hydrogen) atoms. The van der Waals surface area contributed by atoms with Crippen LogP contribution in [-0.2, 0) is 9.53 Å². The Bertz CT molecular complexity index is 136. The molecule has 0 saturated carbocycles. The van der Waals surface area contributed by atoms with Gasteiger partial charge >= 0.3 is 5.97 Å². The maximum atomic E-state index is 10.4. The predicted molar refractivity (Wildman–Crippen MR) is 41.5 cm³/mol. The van der Waals surface area contributed by atoms with E-state index in [4.69, 9.17) is 9.84 Å². The van der Waals surface area contributed by atoms with Crippen LogP contribution in [0.5, 0.6) is 0 Å². The number of carboxylic acids is 1. The van der Waals surface area contributed by atoms with E-state index in [1.54, 1.807) is 13.1 Å². The Labute approximate surface area is 65.9 Å². The van der Waals surface area contributed by atoms with E-state index in [9.17, 15) is 4.79 Å². The van der Waals surface area contributed by atoms with E-state index in [0.717, 1.165) is 0 Å². The van der Waals surface area contributed by atoms with E-state index in [1.807, 2.05) is 0 Å². The zero-order valence-electron chi connectivity index (χ0n) is 6.54. The first-order valence-corrected chi connectivity index (χ1v) is 3.31. The summed E-state index contributed by atoms with van der Waals surface area (Å²) in [4.78, 5) is 10.4. The summed E-state index contributed by atoms with van der Waals surface area (Å²) in [5.74, 6) is -0.906. The molecule has 0 amide bonds. The van der Waals surface area contributed by atoms with Crippen LogP contribution in [0.4, 0.5) is 0 Å². The molecule has 0 aliphatic rings. The maximum absolute atomic E-state index is 10.4. The second-order valence-electron chi connectivity index (χ2n) is 2.01. The second kappa shape index (κ2) is 5.88. The number of likely N-dealkylation sites (N-methyl/N-ethyl adjacent to an activating group) is 1. The minimum atomic E-state index is -0.906. The van der Waals surface area contributed by atoms with E-state index >= 15 is 0 Å². The molecule has 4 nitrogen and oxygen atoms in total. The molecule has 0 aromatic heterocycles. The molecule has 0 aliphatic carbocycles. The molecule has 0 fully saturated rings. The number of nitrogens with one attached hydrogen (secondary N) is 1. The summed E-state index contributed by atoms with van der Waals surface area (Å²) < 4.78 is 4.94. The molecule has 0 saturated heterocycles. The number of carbonyl (C=O) groups is 1. The highest BCUT2D eigenvalue weighted by Gasteiger charge is 2.13. The quantitative estimate of drug-likeness (QED) is 0.418. The standard InChI is InChI=1S/C7H13NO3/c1-3-4-11-5-6(8-2)7(9)10/h3,6,8H,1,4-5H2,2H3,(H,9,10)/t6-/m0/s1. The second-order valence-corrected chi connectivity index (χ2v) is 2.01. The van der Waals surface area contributed by atoms with Crippen molar-refractivity contribution in [1.82, 2.24) is 5.32 Å². The zero-order chi connectivity index (χ0) is 8.69. The molecule has 4 heteroatoms. The highest BCUT2D eigenvalue weighted by atomic mass is 16.5. The monoisotopic (exact) mass is 159 g/mol. The van der Waals surface area contributed by atoms with Crippen molar-refractivity contribution < 1.29 is 14.6 Å². The fourth-order valence-electron chi connectivity index (χ4n) is 0.547. The molecule has 1 atom stereocenters. The predicted octanol–water partition coefficient (Wildman–Crippen LogP) is -0.138. The minimum Gasteiger partial charge on any atom is -0.480 e. The molecule has 0 spiro atoms. The van der Waals surface area contributed by atoms with Crippen molar-refractivity contribution in [2.24, 2.45) is 0 Å². The molecule has 0 radical (unpaired) electrons. The van der Waals surface area contributed by atoms with E-state index in [1.165, 1.54) is 0 Å². The van der Waals surface area contributed by atoms with Gasteiger partial charge in [0.1, 0.15) is 6.04 Å². The number of carboxylic acid groups (broad SMARTS) is 1. The van der Waals surface area contributed by atoms with Gasteiger partial charge in [0.25, 0.3) is 0 Å². The van der Waals surface area contributed by atoms with Gasteiger partial charge in [-0.2, -0.15) is 0 Å². The highest BCUT2D eigenvalue weighted by Crippen LogP contribution is 1.85. The molecule has 0 aromatic carbocycles. The first-order chi connectivity index (χ1) is 5.22. The summed E-state index contributed by atoms with van der Waals surface area (Å²) in [6.07, 6.45) is 1.58. The number of aliphatic carboxylic acids is 1. The van der Waals surface area contributed by atoms with Crippen LogP contribution in [0.3, 0.4) is 0 Å². The smallest absolute Gasteiger partial charge is 0.323 e. The average Bonchev–Trinajstić information content (AvgIpc) is 1.97. The Morgan fingerprint density at radius 2 is 2.55 bits per heavy atom. The molecule has 0 rings (SSSR count). The van der Waals surface area contributed by atoms with Gasteiger partial charge in [-0.1, -0.05) is 6.08 Å². The first kappa shape index (κ1) is 10.1. The summed E-state index contributed by atoms with van der Waals surface area (Å²) in [5, 5.41) is 11.1. The van der Waals surface area contributed by atoms with Gasteiger partial charge in [0.05, 0.1) is 13.2 Å². The van der Waals surface area contributed by atoms with Crippen LogP contribution in [0.2, 0.25) is 0 Å². The molecule has 0 heterocycles. The Kier molecular flexibility index (Phi) is 5.42. The summed E-state index contributed by atoms with van der Waals surface area (Å²) >= 11 is 0. The molecule has 0 aromatic rings. The SMILES string of the molecule is C=CCOC[C@H](NC)C(=O)O. The van der Waals surface area contributed by atoms with Crippen LogP contribution in [-0.4, -0.2) is 37.4 Å². The maximum Gasteiger partial charge on any atom is 0.323 e. The lowest BCUT2D eigenvalue weighted by Crippen LogP contribution is -2.38. The van der Waals surface area contributed by atoms with Crippen LogP contribution in [0.1, 0.15) is 0 Å². The highest BCUT2D eigenvalue weighted by molar-refractivity contribution is 5.73. The molecule has 64 valence electrons. The minimum absolute atomic E-state index is 0.165. The van der Waals surface area contributed by atoms with Gasteiger partial charge in [0, 0.05) is 0 Å². The molecular weight excluding hydrogens is 146 g/mol. The van der Waals surface area contributed by atoms with Crippen molar-refractivity contribution in [3.8, 4) is 0 Å². The van der Waals surface area contributed by atoms with Gasteiger partial charge in [0.15, 0.2) is 0 Å². The largest absolute Gasteiger partial charge is 0.480 e. The van der Waals surface area contributed by atoms with Crippen molar-refractivity contribution in [2.75, 3.05) is 20.3 Å². The Morgan fingerprint density at radius 1 is 1.91 bits per heavy atom. The summed E-state index contributed by atoms with van der Waals surface area (Å²) in [6.45, 7) is 3.98. The molecular formula is C7H13NO3. The summed E-state index contributed by atoms with van der Waals surface area (Å²) in [5.41, 5.74) is 0. The van der Waals surface area contributed by atoms with Gasteiger partial charge in [-0.3, -0.25) is 4.79 Å². The number of hydrogen-bond donors (Lipinski definition) is 2. The Hall–Kier alpha value is -0.870. The molecule has 0 unspecified atom stereocenters. The number of ether oxygens (including phenoxy) is 1. The molecule has 2 N–H and O–H groups in total. The van der Waals surface area contributed by atoms with E-state index in [-0.39, 0.29) is 6.61 Å². The first-order valence-electron chi connectivity index (χ1n) is 3.31. The lowest BCUT2D eigenvalue weighted by atomic mass is 10.3. The van der Waals surface area contributed by atoms with Gasteiger partial charge in [-0.25, -0.2) is 0 Å². The average molecular weight is 159 g/mol. The fourth-order valence-corrected chi connectivity index (χ4v) is 0.547. The van der Waals surface area contributed by atoms with Crippen molar-refractivity contribution in [3.63, 3.8) is 0 Å². The molecule has 0 aliphatic heterocycles. The van der Waals surface area contributed by atoms with Crippen LogP contribution in [0.15, 0.2) is 12.7 Å². The van der Waals surface area contributed by atoms with Gasteiger partial charge in [-0.15, -0.1) is 6.58 Å². The van der Waals surface area contributed by atoms with E-state index < -0.39 is 12.0 Å². The van der Waals surface area contributed by atoms with Gasteiger partial charge < -0.3 is 15.2 Å². The third-order valence-corrected chi connectivity index (χ3v) is 1.17. The normalized spacial score (nSPS) is 12.5. The molecule has 0 bridgehead atoms. The topological polar surface area (TPSA) is 58.6 Å². The summed E-state index contributed by atoms with van der Waals surface area (Å²) in [6, 6.07) is -0.630. The van der Waals surface area contributed by atoms with Gasteiger partial charge in [-0.05, 0) is 7.05 Å². The van der Waals surface area contributed by atoms with Gasteiger partial charge in [0.2, 0.25) is 0 Å². The van der Waals surface area contributed by atoms with Crippen LogP contribution in [0, 0.1) is 0 Å². The van der Waals surface area contributed by atoms with Crippen LogP contribution < -0.4 is 5.32 Å². The van der Waals surface area contributed by atoms with Crippen molar-refractivity contribution >= 4 is 5.97 Å².